The van der Waals surface area contributed by atoms with Crippen molar-refractivity contribution in [1.82, 2.24) is 19.7 Å². The average Bonchev–Trinajstić information content (AvgIpc) is 3.27. The third-order valence-corrected chi connectivity index (χ3v) is 4.87. The topological polar surface area (TPSA) is 77.0 Å². The second-order valence-corrected chi connectivity index (χ2v) is 7.14. The number of benzene rings is 1. The van der Waals surface area contributed by atoms with Gasteiger partial charge in [-0.2, -0.15) is 5.10 Å². The summed E-state index contributed by atoms with van der Waals surface area (Å²) in [6, 6.07) is 12.0. The Balaban J connectivity index is 1.89. The van der Waals surface area contributed by atoms with Crippen LogP contribution in [0.1, 0.15) is 36.7 Å². The van der Waals surface area contributed by atoms with Gasteiger partial charge in [-0.1, -0.05) is 30.3 Å². The van der Waals surface area contributed by atoms with Crippen LogP contribution in [-0.2, 0) is 0 Å². The maximum absolute atomic E-state index is 13.2. The minimum Gasteiger partial charge on any atom is -0.337 e. The Bertz CT molecular complexity index is 947. The molecule has 3 aromatic rings. The van der Waals surface area contributed by atoms with Crippen molar-refractivity contribution in [1.29, 1.82) is 0 Å². The van der Waals surface area contributed by atoms with E-state index in [1.54, 1.807) is 6.20 Å². The Labute approximate surface area is 152 Å². The summed E-state index contributed by atoms with van der Waals surface area (Å²) in [5, 5.41) is 5.27. The highest BCUT2D eigenvalue weighted by Crippen LogP contribution is 2.27. The molecule has 0 bridgehead atoms. The summed E-state index contributed by atoms with van der Waals surface area (Å²) in [5.41, 5.74) is 9.16. The van der Waals surface area contributed by atoms with E-state index in [0.29, 0.717) is 18.7 Å². The van der Waals surface area contributed by atoms with E-state index < -0.39 is 0 Å². The first-order valence-electron chi connectivity index (χ1n) is 9.03. The zero-order chi connectivity index (χ0) is 18.3. The Morgan fingerprint density at radius 1 is 1.27 bits per heavy atom. The van der Waals surface area contributed by atoms with E-state index in [1.165, 1.54) is 0 Å². The molecule has 2 N–H and O–H groups in total. The monoisotopic (exact) mass is 349 g/mol. The molecule has 1 fully saturated rings. The number of pyridine rings is 1. The van der Waals surface area contributed by atoms with Crippen molar-refractivity contribution in [2.75, 3.05) is 13.1 Å². The lowest BCUT2D eigenvalue weighted by atomic mass is 10.1. The molecule has 26 heavy (non-hydrogen) atoms. The molecule has 1 amide bonds. The molecule has 0 aliphatic carbocycles. The summed E-state index contributed by atoms with van der Waals surface area (Å²) < 4.78 is 1.87. The highest BCUT2D eigenvalue weighted by molar-refractivity contribution is 6.06. The molecule has 6 heteroatoms. The van der Waals surface area contributed by atoms with Gasteiger partial charge in [0.05, 0.1) is 22.8 Å². The van der Waals surface area contributed by atoms with Gasteiger partial charge in [-0.3, -0.25) is 4.79 Å². The molecule has 1 aliphatic heterocycles. The molecule has 0 radical (unpaired) electrons. The number of rotatable bonds is 3. The van der Waals surface area contributed by atoms with E-state index in [-0.39, 0.29) is 18.0 Å². The zero-order valence-electron chi connectivity index (χ0n) is 15.1. The number of carbonyl (C=O) groups excluding carboxylic acids is 1. The van der Waals surface area contributed by atoms with Gasteiger partial charge in [0.1, 0.15) is 0 Å². The third kappa shape index (κ3) is 2.86. The van der Waals surface area contributed by atoms with Crippen molar-refractivity contribution in [3.05, 3.63) is 48.2 Å². The lowest BCUT2D eigenvalue weighted by Gasteiger charge is -2.17. The van der Waals surface area contributed by atoms with Gasteiger partial charge in [0.25, 0.3) is 5.91 Å². The van der Waals surface area contributed by atoms with Gasteiger partial charge in [0, 0.05) is 30.7 Å². The van der Waals surface area contributed by atoms with E-state index in [4.69, 9.17) is 10.7 Å². The van der Waals surface area contributed by atoms with Crippen LogP contribution in [0.2, 0.25) is 0 Å². The number of hydrogen-bond acceptors (Lipinski definition) is 4. The van der Waals surface area contributed by atoms with Crippen molar-refractivity contribution >= 4 is 16.9 Å². The maximum Gasteiger partial charge on any atom is 0.254 e. The molecular weight excluding hydrogens is 326 g/mol. The first kappa shape index (κ1) is 16.7. The summed E-state index contributed by atoms with van der Waals surface area (Å²) in [5.74, 6) is 0.00540. The summed E-state index contributed by atoms with van der Waals surface area (Å²) in [6.07, 6.45) is 2.59. The fourth-order valence-corrected chi connectivity index (χ4v) is 3.47. The van der Waals surface area contributed by atoms with Gasteiger partial charge in [-0.05, 0) is 26.3 Å². The van der Waals surface area contributed by atoms with E-state index in [1.807, 2.05) is 46.0 Å². The van der Waals surface area contributed by atoms with Gasteiger partial charge in [0.2, 0.25) is 0 Å². The SMILES string of the molecule is CC(C)n1ncc2c(C(=O)N3CC[C@H](N)C3)cc(-c3ccccc3)nc21. The molecule has 6 nitrogen and oxygen atoms in total. The van der Waals surface area contributed by atoms with Gasteiger partial charge >= 0.3 is 0 Å². The predicted molar refractivity (Wildman–Crippen MR) is 102 cm³/mol. The molecule has 1 atom stereocenters. The zero-order valence-corrected chi connectivity index (χ0v) is 15.1. The van der Waals surface area contributed by atoms with Gasteiger partial charge in [-0.15, -0.1) is 0 Å². The summed E-state index contributed by atoms with van der Waals surface area (Å²) >= 11 is 0. The summed E-state index contributed by atoms with van der Waals surface area (Å²) in [7, 11) is 0. The second kappa shape index (κ2) is 6.53. The maximum atomic E-state index is 13.2. The van der Waals surface area contributed by atoms with E-state index in [2.05, 4.69) is 18.9 Å². The Hall–Kier alpha value is -2.73. The number of nitrogens with zero attached hydrogens (tertiary/aromatic N) is 4. The summed E-state index contributed by atoms with van der Waals surface area (Å²) in [6.45, 7) is 5.42. The van der Waals surface area contributed by atoms with E-state index in [9.17, 15) is 4.79 Å². The van der Waals surface area contributed by atoms with Crippen LogP contribution in [0.25, 0.3) is 22.3 Å². The summed E-state index contributed by atoms with van der Waals surface area (Å²) in [4.78, 5) is 19.8. The molecule has 4 rings (SSSR count). The van der Waals surface area contributed by atoms with E-state index >= 15 is 0 Å². The number of fused-ring (bicyclic) bond motifs is 1. The average molecular weight is 349 g/mol. The number of carbonyl (C=O) groups is 1. The molecular formula is C20H23N5O. The molecule has 1 aliphatic rings. The Kier molecular flexibility index (Phi) is 4.20. The van der Waals surface area contributed by atoms with Crippen LogP contribution in [0.15, 0.2) is 42.6 Å². The van der Waals surface area contributed by atoms with Crippen LogP contribution in [0.3, 0.4) is 0 Å². The number of aromatic nitrogens is 3. The Morgan fingerprint density at radius 2 is 2.04 bits per heavy atom. The molecule has 134 valence electrons. The van der Waals surface area contributed by atoms with Gasteiger partial charge in [-0.25, -0.2) is 9.67 Å². The van der Waals surface area contributed by atoms with Crippen LogP contribution in [0.5, 0.6) is 0 Å². The molecule has 0 saturated carbocycles. The quantitative estimate of drug-likeness (QED) is 0.789. The smallest absolute Gasteiger partial charge is 0.254 e. The van der Waals surface area contributed by atoms with Gasteiger partial charge in [0.15, 0.2) is 5.65 Å². The van der Waals surface area contributed by atoms with E-state index in [0.717, 1.165) is 28.7 Å². The highest BCUT2D eigenvalue weighted by atomic mass is 16.2. The fraction of sp³-hybridized carbons (Fsp3) is 0.350. The number of nitrogens with two attached hydrogens (primary N) is 1. The molecule has 1 aromatic carbocycles. The molecule has 3 heterocycles. The van der Waals surface area contributed by atoms with Crippen LogP contribution in [-0.4, -0.2) is 44.7 Å². The Morgan fingerprint density at radius 3 is 2.69 bits per heavy atom. The molecule has 1 saturated heterocycles. The van der Waals surface area contributed by atoms with Crippen LogP contribution in [0, 0.1) is 0 Å². The minimum atomic E-state index is 0.00540. The number of hydrogen-bond donors (Lipinski definition) is 1. The minimum absolute atomic E-state index is 0.00540. The second-order valence-electron chi connectivity index (χ2n) is 7.14. The van der Waals surface area contributed by atoms with Crippen molar-refractivity contribution in [2.24, 2.45) is 5.73 Å². The third-order valence-electron chi connectivity index (χ3n) is 4.87. The van der Waals surface area contributed by atoms with Crippen molar-refractivity contribution in [3.63, 3.8) is 0 Å². The van der Waals surface area contributed by atoms with Crippen molar-refractivity contribution in [2.45, 2.75) is 32.4 Å². The standard InChI is InChI=1S/C20H23N5O/c1-13(2)25-19-17(11-22-25)16(20(26)24-9-8-15(21)12-24)10-18(23-19)14-6-4-3-5-7-14/h3-7,10-11,13,15H,8-9,12,21H2,1-2H3/t15-/m0/s1. The predicted octanol–water partition coefficient (Wildman–Crippen LogP) is 2.85. The molecule has 0 spiro atoms. The largest absolute Gasteiger partial charge is 0.337 e. The number of likely N-dealkylation sites (tertiary alicyclic amines) is 1. The molecule has 2 aromatic heterocycles. The highest BCUT2D eigenvalue weighted by Gasteiger charge is 2.27. The lowest BCUT2D eigenvalue weighted by molar-refractivity contribution is 0.0793. The van der Waals surface area contributed by atoms with Gasteiger partial charge < -0.3 is 10.6 Å². The first-order valence-corrected chi connectivity index (χ1v) is 9.03. The fourth-order valence-electron chi connectivity index (χ4n) is 3.47. The van der Waals surface area contributed by atoms with Crippen LogP contribution in [0.4, 0.5) is 0 Å². The van der Waals surface area contributed by atoms with Crippen molar-refractivity contribution in [3.8, 4) is 11.3 Å². The lowest BCUT2D eigenvalue weighted by Crippen LogP contribution is -2.32. The van der Waals surface area contributed by atoms with Crippen LogP contribution < -0.4 is 5.73 Å². The normalized spacial score (nSPS) is 17.4. The first-order chi connectivity index (χ1) is 12.5. The van der Waals surface area contributed by atoms with Crippen molar-refractivity contribution < 1.29 is 4.79 Å². The number of amides is 1. The molecule has 0 unspecified atom stereocenters. The van der Waals surface area contributed by atoms with Crippen LogP contribution >= 0.6 is 0 Å².